The van der Waals surface area contributed by atoms with Gasteiger partial charge in [-0.3, -0.25) is 0 Å². The number of hydrogen-bond acceptors (Lipinski definition) is 3. The van der Waals surface area contributed by atoms with Crippen LogP contribution in [-0.2, 0) is 10.0 Å². The lowest BCUT2D eigenvalue weighted by atomic mass is 10.1. The Hall–Kier alpha value is -0.620. The first kappa shape index (κ1) is 16.4. The minimum Gasteiger partial charge on any atom is -0.323 e. The predicted octanol–water partition coefficient (Wildman–Crippen LogP) is 1.44. The molecule has 1 unspecified atom stereocenters. The van der Waals surface area contributed by atoms with E-state index in [1.165, 1.54) is 0 Å². The van der Waals surface area contributed by atoms with Crippen molar-refractivity contribution in [2.45, 2.75) is 19.4 Å². The zero-order valence-electron chi connectivity index (χ0n) is 9.80. The molecule has 0 aliphatic carbocycles. The van der Waals surface area contributed by atoms with Crippen LogP contribution in [0.4, 0.5) is 0 Å². The molecule has 1 aromatic rings. The highest BCUT2D eigenvalue weighted by Crippen LogP contribution is 2.08. The Morgan fingerprint density at radius 2 is 1.88 bits per heavy atom. The summed E-state index contributed by atoms with van der Waals surface area (Å²) in [5.74, 6) is 0.147. The summed E-state index contributed by atoms with van der Waals surface area (Å²) in [5, 5.41) is 0. The second kappa shape index (κ2) is 7.66. The van der Waals surface area contributed by atoms with Crippen molar-refractivity contribution in [3.63, 3.8) is 0 Å². The normalized spacial score (nSPS) is 12.8. The first-order chi connectivity index (χ1) is 7.55. The van der Waals surface area contributed by atoms with Gasteiger partial charge in [0.25, 0.3) is 0 Å². The van der Waals surface area contributed by atoms with E-state index in [1.54, 1.807) is 0 Å². The molecule has 3 N–H and O–H groups in total. The van der Waals surface area contributed by atoms with Gasteiger partial charge in [0.2, 0.25) is 10.0 Å². The summed E-state index contributed by atoms with van der Waals surface area (Å²) in [7, 11) is -3.16. The van der Waals surface area contributed by atoms with Crippen molar-refractivity contribution in [1.29, 1.82) is 0 Å². The van der Waals surface area contributed by atoms with Gasteiger partial charge in [-0.25, -0.2) is 13.1 Å². The van der Waals surface area contributed by atoms with Crippen LogP contribution in [0.1, 0.15) is 24.9 Å². The van der Waals surface area contributed by atoms with E-state index in [2.05, 4.69) is 4.72 Å². The second-order valence-corrected chi connectivity index (χ2v) is 5.61. The summed E-state index contributed by atoms with van der Waals surface area (Å²) in [5.41, 5.74) is 6.80. The molecule has 6 heteroatoms. The third kappa shape index (κ3) is 6.02. The summed E-state index contributed by atoms with van der Waals surface area (Å²) in [6.07, 6.45) is 0.607. The topological polar surface area (TPSA) is 72.2 Å². The number of halogens is 1. The Morgan fingerprint density at radius 1 is 1.29 bits per heavy atom. The smallest absolute Gasteiger partial charge is 0.211 e. The van der Waals surface area contributed by atoms with E-state index < -0.39 is 10.0 Å². The van der Waals surface area contributed by atoms with Gasteiger partial charge in [-0.15, -0.1) is 12.4 Å². The lowest BCUT2D eigenvalue weighted by molar-refractivity contribution is 0.571. The van der Waals surface area contributed by atoms with Gasteiger partial charge < -0.3 is 5.73 Å². The van der Waals surface area contributed by atoms with Gasteiger partial charge >= 0.3 is 0 Å². The molecule has 0 heterocycles. The highest BCUT2D eigenvalue weighted by molar-refractivity contribution is 7.89. The molecule has 0 fully saturated rings. The molecule has 0 bridgehead atoms. The van der Waals surface area contributed by atoms with E-state index in [-0.39, 0.29) is 30.7 Å². The first-order valence-electron chi connectivity index (χ1n) is 5.33. The predicted molar refractivity (Wildman–Crippen MR) is 72.7 cm³/mol. The Labute approximate surface area is 109 Å². The molecule has 4 nitrogen and oxygen atoms in total. The standard InChI is InChI=1S/C11H18N2O2S.ClH/c1-2-8-16(14,15)13-9-11(12)10-6-4-3-5-7-10;/h3-7,11,13H,2,8-9,12H2,1H3;1H. The maximum atomic E-state index is 11.4. The van der Waals surface area contributed by atoms with Crippen LogP contribution < -0.4 is 10.5 Å². The fraction of sp³-hybridized carbons (Fsp3) is 0.455. The average Bonchev–Trinajstić information content (AvgIpc) is 2.27. The van der Waals surface area contributed by atoms with Crippen LogP contribution in [-0.4, -0.2) is 20.7 Å². The Balaban J connectivity index is 0.00000256. The molecule has 0 aromatic heterocycles. The molecule has 0 radical (unpaired) electrons. The number of sulfonamides is 1. The summed E-state index contributed by atoms with van der Waals surface area (Å²) in [6, 6.07) is 9.15. The molecule has 1 atom stereocenters. The van der Waals surface area contributed by atoms with Crippen molar-refractivity contribution in [2.24, 2.45) is 5.73 Å². The SMILES string of the molecule is CCCS(=O)(=O)NCC(N)c1ccccc1.Cl. The Kier molecular flexibility index (Phi) is 7.38. The maximum Gasteiger partial charge on any atom is 0.211 e. The van der Waals surface area contributed by atoms with Crippen LogP contribution in [0.25, 0.3) is 0 Å². The van der Waals surface area contributed by atoms with E-state index in [4.69, 9.17) is 5.73 Å². The third-order valence-corrected chi connectivity index (χ3v) is 3.78. The lowest BCUT2D eigenvalue weighted by Crippen LogP contribution is -2.33. The second-order valence-electron chi connectivity index (χ2n) is 3.68. The van der Waals surface area contributed by atoms with Gasteiger partial charge in [-0.1, -0.05) is 37.3 Å². The molecule has 0 spiro atoms. The number of rotatable bonds is 6. The van der Waals surface area contributed by atoms with E-state index in [1.807, 2.05) is 37.3 Å². The summed E-state index contributed by atoms with van der Waals surface area (Å²) in [4.78, 5) is 0. The van der Waals surface area contributed by atoms with Crippen molar-refractivity contribution in [2.75, 3.05) is 12.3 Å². The van der Waals surface area contributed by atoms with E-state index in [9.17, 15) is 8.42 Å². The van der Waals surface area contributed by atoms with Crippen LogP contribution >= 0.6 is 12.4 Å². The third-order valence-electron chi connectivity index (χ3n) is 2.22. The highest BCUT2D eigenvalue weighted by Gasteiger charge is 2.11. The van der Waals surface area contributed by atoms with E-state index in [0.717, 1.165) is 5.56 Å². The fourth-order valence-corrected chi connectivity index (χ4v) is 2.49. The van der Waals surface area contributed by atoms with Crippen LogP contribution in [0.15, 0.2) is 30.3 Å². The molecule has 17 heavy (non-hydrogen) atoms. The van der Waals surface area contributed by atoms with Gasteiger partial charge in [-0.2, -0.15) is 0 Å². The molecular weight excluding hydrogens is 260 g/mol. The van der Waals surface area contributed by atoms with Gasteiger partial charge in [0.1, 0.15) is 0 Å². The number of hydrogen-bond donors (Lipinski definition) is 2. The lowest BCUT2D eigenvalue weighted by Gasteiger charge is -2.13. The monoisotopic (exact) mass is 278 g/mol. The highest BCUT2D eigenvalue weighted by atomic mass is 35.5. The maximum absolute atomic E-state index is 11.4. The van der Waals surface area contributed by atoms with Gasteiger partial charge in [0, 0.05) is 12.6 Å². The molecule has 0 amide bonds. The first-order valence-corrected chi connectivity index (χ1v) is 6.98. The molecule has 1 rings (SSSR count). The zero-order chi connectivity index (χ0) is 12.0. The minimum absolute atomic E-state index is 0. The molecule has 1 aromatic carbocycles. The molecule has 98 valence electrons. The largest absolute Gasteiger partial charge is 0.323 e. The van der Waals surface area contributed by atoms with Crippen LogP contribution in [0.5, 0.6) is 0 Å². The number of nitrogens with two attached hydrogens (primary N) is 1. The van der Waals surface area contributed by atoms with Crippen molar-refractivity contribution >= 4 is 22.4 Å². The summed E-state index contributed by atoms with van der Waals surface area (Å²) in [6.45, 7) is 2.07. The quantitative estimate of drug-likeness (QED) is 0.827. The van der Waals surface area contributed by atoms with Crippen molar-refractivity contribution < 1.29 is 8.42 Å². The molecule has 0 aliphatic rings. The van der Waals surface area contributed by atoms with E-state index in [0.29, 0.717) is 6.42 Å². The summed E-state index contributed by atoms with van der Waals surface area (Å²) >= 11 is 0. The van der Waals surface area contributed by atoms with Gasteiger partial charge in [0.05, 0.1) is 5.75 Å². The van der Waals surface area contributed by atoms with Crippen molar-refractivity contribution in [1.82, 2.24) is 4.72 Å². The minimum atomic E-state index is -3.16. The summed E-state index contributed by atoms with van der Waals surface area (Å²) < 4.78 is 25.3. The van der Waals surface area contributed by atoms with E-state index >= 15 is 0 Å². The van der Waals surface area contributed by atoms with Crippen LogP contribution in [0.3, 0.4) is 0 Å². The molecule has 0 saturated heterocycles. The Morgan fingerprint density at radius 3 is 2.41 bits per heavy atom. The molecular formula is C11H19ClN2O2S. The average molecular weight is 279 g/mol. The number of nitrogens with one attached hydrogen (secondary N) is 1. The van der Waals surface area contributed by atoms with Gasteiger partial charge in [-0.05, 0) is 12.0 Å². The Bertz CT molecular complexity index is 409. The molecule has 0 aliphatic heterocycles. The zero-order valence-corrected chi connectivity index (χ0v) is 11.4. The van der Waals surface area contributed by atoms with Crippen LogP contribution in [0.2, 0.25) is 0 Å². The fourth-order valence-electron chi connectivity index (χ4n) is 1.38. The van der Waals surface area contributed by atoms with Crippen molar-refractivity contribution in [3.05, 3.63) is 35.9 Å². The molecule has 0 saturated carbocycles. The number of benzene rings is 1. The van der Waals surface area contributed by atoms with Crippen molar-refractivity contribution in [3.8, 4) is 0 Å². The van der Waals surface area contributed by atoms with Crippen LogP contribution in [0, 0.1) is 0 Å². The van der Waals surface area contributed by atoms with Gasteiger partial charge in [0.15, 0.2) is 0 Å².